The van der Waals surface area contributed by atoms with E-state index in [-0.39, 0.29) is 11.5 Å². The first-order chi connectivity index (χ1) is 8.52. The molecule has 0 saturated heterocycles. The number of hydrogen-bond acceptors (Lipinski definition) is 3. The minimum Gasteiger partial charge on any atom is -0.427 e. The number of hydrogen-bond donors (Lipinski definition) is 1. The van der Waals surface area contributed by atoms with Gasteiger partial charge in [-0.15, -0.1) is 0 Å². The Labute approximate surface area is 105 Å². The summed E-state index contributed by atoms with van der Waals surface area (Å²) in [6, 6.07) is 5.20. The lowest BCUT2D eigenvalue weighted by atomic mass is 10.0. The summed E-state index contributed by atoms with van der Waals surface area (Å²) < 4.78 is 5.05. The number of carbonyl (C=O) groups is 1. The Kier molecular flexibility index (Phi) is 3.19. The van der Waals surface area contributed by atoms with Crippen LogP contribution < -0.4 is 10.3 Å². The maximum absolute atomic E-state index is 11.8. The van der Waals surface area contributed by atoms with E-state index in [0.29, 0.717) is 12.2 Å². The standard InChI is InChI=1S/C14H15NO3/c1-4-11-8(2)12-7-10(18-9(3)16)5-6-13(12)15-14(11)17/h5-7H,4H2,1-3H3,(H,15,17). The van der Waals surface area contributed by atoms with Crippen LogP contribution in [0, 0.1) is 6.92 Å². The van der Waals surface area contributed by atoms with Crippen LogP contribution in [-0.4, -0.2) is 11.0 Å². The topological polar surface area (TPSA) is 59.2 Å². The lowest BCUT2D eigenvalue weighted by molar-refractivity contribution is -0.131. The molecule has 0 radical (unpaired) electrons. The second-order valence-electron chi connectivity index (χ2n) is 4.21. The van der Waals surface area contributed by atoms with Gasteiger partial charge >= 0.3 is 5.97 Å². The monoisotopic (exact) mass is 245 g/mol. The zero-order valence-electron chi connectivity index (χ0n) is 10.7. The van der Waals surface area contributed by atoms with Gasteiger partial charge in [-0.2, -0.15) is 0 Å². The summed E-state index contributed by atoms with van der Waals surface area (Å²) in [6.07, 6.45) is 0.675. The predicted molar refractivity (Wildman–Crippen MR) is 70.0 cm³/mol. The molecule has 0 aliphatic carbocycles. The molecule has 1 heterocycles. The number of ether oxygens (including phenoxy) is 1. The number of fused-ring (bicyclic) bond motifs is 1. The second kappa shape index (κ2) is 4.64. The number of esters is 1. The average Bonchev–Trinajstić information content (AvgIpc) is 2.30. The number of aromatic amines is 1. The fourth-order valence-electron chi connectivity index (χ4n) is 2.13. The van der Waals surface area contributed by atoms with Crippen LogP contribution in [0.5, 0.6) is 5.75 Å². The minimum atomic E-state index is -0.354. The van der Waals surface area contributed by atoms with Crippen LogP contribution >= 0.6 is 0 Å². The number of rotatable bonds is 2. The molecule has 18 heavy (non-hydrogen) atoms. The smallest absolute Gasteiger partial charge is 0.308 e. The molecule has 94 valence electrons. The van der Waals surface area contributed by atoms with Crippen LogP contribution in [0.4, 0.5) is 0 Å². The van der Waals surface area contributed by atoms with Crippen LogP contribution in [0.2, 0.25) is 0 Å². The van der Waals surface area contributed by atoms with Crippen molar-refractivity contribution >= 4 is 16.9 Å². The number of pyridine rings is 1. The van der Waals surface area contributed by atoms with E-state index < -0.39 is 0 Å². The third kappa shape index (κ3) is 2.14. The highest BCUT2D eigenvalue weighted by molar-refractivity contribution is 5.85. The average molecular weight is 245 g/mol. The third-order valence-electron chi connectivity index (χ3n) is 2.99. The summed E-state index contributed by atoms with van der Waals surface area (Å²) in [4.78, 5) is 25.6. The van der Waals surface area contributed by atoms with Crippen molar-refractivity contribution in [2.24, 2.45) is 0 Å². The Morgan fingerprint density at radius 2 is 2.11 bits per heavy atom. The fraction of sp³-hybridized carbons (Fsp3) is 0.286. The van der Waals surface area contributed by atoms with Gasteiger partial charge in [0.1, 0.15) is 5.75 Å². The van der Waals surface area contributed by atoms with Crippen molar-refractivity contribution < 1.29 is 9.53 Å². The molecule has 2 rings (SSSR count). The Morgan fingerprint density at radius 1 is 1.39 bits per heavy atom. The van der Waals surface area contributed by atoms with E-state index in [2.05, 4.69) is 4.98 Å². The molecule has 0 amide bonds. The van der Waals surface area contributed by atoms with Crippen molar-refractivity contribution in [1.29, 1.82) is 0 Å². The summed E-state index contributed by atoms with van der Waals surface area (Å²) >= 11 is 0. The molecule has 0 fully saturated rings. The van der Waals surface area contributed by atoms with Crippen molar-refractivity contribution in [2.45, 2.75) is 27.2 Å². The Balaban J connectivity index is 2.68. The van der Waals surface area contributed by atoms with Gasteiger partial charge in [-0.25, -0.2) is 0 Å². The quantitative estimate of drug-likeness (QED) is 0.652. The Morgan fingerprint density at radius 3 is 2.72 bits per heavy atom. The molecule has 0 unspecified atom stereocenters. The van der Waals surface area contributed by atoms with Crippen LogP contribution in [0.1, 0.15) is 25.0 Å². The number of nitrogens with one attached hydrogen (secondary N) is 1. The Bertz CT molecular complexity index is 671. The highest BCUT2D eigenvalue weighted by Crippen LogP contribution is 2.23. The van der Waals surface area contributed by atoms with E-state index in [1.54, 1.807) is 18.2 Å². The summed E-state index contributed by atoms with van der Waals surface area (Å²) in [5.41, 5.74) is 2.40. The number of aromatic nitrogens is 1. The molecular weight excluding hydrogens is 230 g/mol. The van der Waals surface area contributed by atoms with Gasteiger partial charge in [-0.1, -0.05) is 6.92 Å². The predicted octanol–water partition coefficient (Wildman–Crippen LogP) is 2.32. The summed E-state index contributed by atoms with van der Waals surface area (Å²) in [7, 11) is 0. The Hall–Kier alpha value is -2.10. The van der Waals surface area contributed by atoms with Gasteiger partial charge in [0, 0.05) is 23.4 Å². The van der Waals surface area contributed by atoms with E-state index in [9.17, 15) is 9.59 Å². The van der Waals surface area contributed by atoms with Gasteiger partial charge in [0.05, 0.1) is 0 Å². The van der Waals surface area contributed by atoms with Crippen molar-refractivity contribution in [2.75, 3.05) is 0 Å². The molecule has 0 aliphatic heterocycles. The number of H-pyrrole nitrogens is 1. The number of benzene rings is 1. The van der Waals surface area contributed by atoms with Gasteiger partial charge in [0.2, 0.25) is 0 Å². The van der Waals surface area contributed by atoms with E-state index in [1.807, 2.05) is 13.8 Å². The van der Waals surface area contributed by atoms with E-state index in [4.69, 9.17) is 4.74 Å². The molecule has 0 saturated carbocycles. The van der Waals surface area contributed by atoms with E-state index >= 15 is 0 Å². The van der Waals surface area contributed by atoms with Gasteiger partial charge in [-0.3, -0.25) is 9.59 Å². The molecule has 0 bridgehead atoms. The SMILES string of the molecule is CCc1c(C)c2cc(OC(C)=O)ccc2[nH]c1=O. The van der Waals surface area contributed by atoms with Crippen molar-refractivity contribution in [3.05, 3.63) is 39.7 Å². The fourth-order valence-corrected chi connectivity index (χ4v) is 2.13. The number of carbonyl (C=O) groups excluding carboxylic acids is 1. The molecule has 0 atom stereocenters. The van der Waals surface area contributed by atoms with Crippen LogP contribution in [0.25, 0.3) is 10.9 Å². The molecular formula is C14H15NO3. The maximum Gasteiger partial charge on any atom is 0.308 e. The van der Waals surface area contributed by atoms with Crippen molar-refractivity contribution in [3.8, 4) is 5.75 Å². The van der Waals surface area contributed by atoms with Crippen molar-refractivity contribution in [1.82, 2.24) is 4.98 Å². The highest BCUT2D eigenvalue weighted by Gasteiger charge is 2.09. The first kappa shape index (κ1) is 12.4. The zero-order chi connectivity index (χ0) is 13.3. The number of aryl methyl sites for hydroxylation is 1. The van der Waals surface area contributed by atoms with Gasteiger partial charge in [-0.05, 0) is 37.1 Å². The highest BCUT2D eigenvalue weighted by atomic mass is 16.5. The van der Waals surface area contributed by atoms with E-state index in [1.165, 1.54) is 6.92 Å². The van der Waals surface area contributed by atoms with Gasteiger partial charge in [0.25, 0.3) is 5.56 Å². The zero-order valence-corrected chi connectivity index (χ0v) is 10.7. The van der Waals surface area contributed by atoms with Crippen molar-refractivity contribution in [3.63, 3.8) is 0 Å². The molecule has 0 aliphatic rings. The molecule has 0 spiro atoms. The normalized spacial score (nSPS) is 10.6. The summed E-state index contributed by atoms with van der Waals surface area (Å²) in [6.45, 7) is 5.22. The summed E-state index contributed by atoms with van der Waals surface area (Å²) in [5, 5.41) is 0.908. The largest absolute Gasteiger partial charge is 0.427 e. The lowest BCUT2D eigenvalue weighted by Gasteiger charge is -2.08. The molecule has 1 aromatic carbocycles. The lowest BCUT2D eigenvalue weighted by Crippen LogP contribution is -2.14. The third-order valence-corrected chi connectivity index (χ3v) is 2.99. The summed E-state index contributed by atoms with van der Waals surface area (Å²) in [5.74, 6) is 0.138. The second-order valence-corrected chi connectivity index (χ2v) is 4.21. The minimum absolute atomic E-state index is 0.0530. The van der Waals surface area contributed by atoms with Crippen LogP contribution in [-0.2, 0) is 11.2 Å². The first-order valence-electron chi connectivity index (χ1n) is 5.87. The molecule has 1 N–H and O–H groups in total. The van der Waals surface area contributed by atoms with E-state index in [0.717, 1.165) is 22.0 Å². The molecule has 4 heteroatoms. The first-order valence-corrected chi connectivity index (χ1v) is 5.87. The molecule has 2 aromatic rings. The maximum atomic E-state index is 11.8. The van der Waals surface area contributed by atoms with Gasteiger partial charge in [0.15, 0.2) is 0 Å². The van der Waals surface area contributed by atoms with Gasteiger partial charge < -0.3 is 9.72 Å². The van der Waals surface area contributed by atoms with Crippen LogP contribution in [0.15, 0.2) is 23.0 Å². The van der Waals surface area contributed by atoms with Crippen LogP contribution in [0.3, 0.4) is 0 Å². The molecule has 4 nitrogen and oxygen atoms in total. The molecule has 1 aromatic heterocycles.